The number of ether oxygens (including phenoxy) is 1. The molecule has 1 aromatic rings. The molecule has 2 fully saturated rings. The minimum atomic E-state index is -0.00173. The summed E-state index contributed by atoms with van der Waals surface area (Å²) < 4.78 is 5.20. The van der Waals surface area contributed by atoms with E-state index in [-0.39, 0.29) is 17.9 Å². The lowest BCUT2D eigenvalue weighted by atomic mass is 10.1. The summed E-state index contributed by atoms with van der Waals surface area (Å²) in [7, 11) is 1.60. The molecule has 6 heteroatoms. The minimum Gasteiger partial charge on any atom is -0.497 e. The summed E-state index contributed by atoms with van der Waals surface area (Å²) >= 11 is 0. The highest BCUT2D eigenvalue weighted by Crippen LogP contribution is 2.19. The number of amides is 2. The van der Waals surface area contributed by atoms with Gasteiger partial charge in [0.2, 0.25) is 5.91 Å². The number of carbonyl (C=O) groups excluding carboxylic acids is 2. The fraction of sp³-hybridized carbons (Fsp3) is 0.600. The Kier molecular flexibility index (Phi) is 6.14. The molecule has 2 saturated heterocycles. The van der Waals surface area contributed by atoms with E-state index in [4.69, 9.17) is 4.74 Å². The summed E-state index contributed by atoms with van der Waals surface area (Å²) in [4.78, 5) is 31.7. The average molecular weight is 359 g/mol. The smallest absolute Gasteiger partial charge is 0.254 e. The molecular formula is C20H29N3O3. The number of likely N-dealkylation sites (tertiary alicyclic amines) is 1. The van der Waals surface area contributed by atoms with Gasteiger partial charge in [-0.1, -0.05) is 13.0 Å². The van der Waals surface area contributed by atoms with E-state index in [2.05, 4.69) is 11.8 Å². The molecule has 0 aliphatic carbocycles. The highest BCUT2D eigenvalue weighted by Gasteiger charge is 2.32. The second kappa shape index (κ2) is 8.54. The summed E-state index contributed by atoms with van der Waals surface area (Å²) in [5, 5.41) is 0. The van der Waals surface area contributed by atoms with E-state index in [0.717, 1.165) is 19.5 Å². The Morgan fingerprint density at radius 3 is 2.31 bits per heavy atom. The van der Waals surface area contributed by atoms with Crippen LogP contribution in [0.15, 0.2) is 24.3 Å². The Labute approximate surface area is 155 Å². The first-order chi connectivity index (χ1) is 12.6. The third-order valence-electron chi connectivity index (χ3n) is 5.45. The van der Waals surface area contributed by atoms with Gasteiger partial charge >= 0.3 is 0 Å². The van der Waals surface area contributed by atoms with Crippen LogP contribution in [0.3, 0.4) is 0 Å². The maximum absolute atomic E-state index is 12.9. The predicted octanol–water partition coefficient (Wildman–Crippen LogP) is 1.85. The van der Waals surface area contributed by atoms with Gasteiger partial charge in [0.25, 0.3) is 5.91 Å². The normalized spacial score (nSPS) is 19.5. The van der Waals surface area contributed by atoms with Crippen LogP contribution in [0.5, 0.6) is 5.75 Å². The third kappa shape index (κ3) is 4.01. The number of benzene rings is 1. The number of hydrogen-bond acceptors (Lipinski definition) is 4. The first-order valence-electron chi connectivity index (χ1n) is 9.60. The second-order valence-corrected chi connectivity index (χ2v) is 7.02. The summed E-state index contributed by atoms with van der Waals surface area (Å²) in [5.74, 6) is 0.909. The van der Waals surface area contributed by atoms with E-state index >= 15 is 0 Å². The van der Waals surface area contributed by atoms with E-state index in [9.17, 15) is 9.59 Å². The Morgan fingerprint density at radius 1 is 1.04 bits per heavy atom. The molecule has 0 aromatic heterocycles. The van der Waals surface area contributed by atoms with Gasteiger partial charge in [-0.15, -0.1) is 0 Å². The maximum atomic E-state index is 12.9. The standard InChI is InChI=1S/C20H29N3O3/c1-3-18(21-9-4-5-10-21)20(25)23-13-11-22(12-14-23)19(24)16-7-6-8-17(15-16)26-2/h6-8,15,18H,3-5,9-14H2,1-2H3/t18-/m0/s1. The van der Waals surface area contributed by atoms with Gasteiger partial charge in [0, 0.05) is 31.7 Å². The monoisotopic (exact) mass is 359 g/mol. The van der Waals surface area contributed by atoms with Crippen molar-refractivity contribution in [3.05, 3.63) is 29.8 Å². The van der Waals surface area contributed by atoms with Crippen molar-refractivity contribution in [2.45, 2.75) is 32.2 Å². The molecule has 2 aliphatic rings. The van der Waals surface area contributed by atoms with Crippen molar-refractivity contribution in [3.63, 3.8) is 0 Å². The lowest BCUT2D eigenvalue weighted by Gasteiger charge is -2.38. The van der Waals surface area contributed by atoms with Crippen LogP contribution >= 0.6 is 0 Å². The molecule has 0 bridgehead atoms. The molecule has 3 rings (SSSR count). The van der Waals surface area contributed by atoms with E-state index in [1.54, 1.807) is 13.2 Å². The molecule has 0 spiro atoms. The van der Waals surface area contributed by atoms with E-state index in [1.165, 1.54) is 12.8 Å². The van der Waals surface area contributed by atoms with E-state index < -0.39 is 0 Å². The number of methoxy groups -OCH3 is 1. The van der Waals surface area contributed by atoms with Crippen LogP contribution in [0.4, 0.5) is 0 Å². The van der Waals surface area contributed by atoms with E-state index in [1.807, 2.05) is 28.0 Å². The molecule has 2 aliphatic heterocycles. The van der Waals surface area contributed by atoms with Gasteiger partial charge in [-0.25, -0.2) is 0 Å². The van der Waals surface area contributed by atoms with Gasteiger partial charge in [0.05, 0.1) is 13.2 Å². The molecule has 1 atom stereocenters. The van der Waals surface area contributed by atoms with Crippen LogP contribution in [0.2, 0.25) is 0 Å². The first kappa shape index (κ1) is 18.7. The summed E-state index contributed by atoms with van der Waals surface area (Å²) in [6.45, 7) is 6.52. The van der Waals surface area contributed by atoms with Crippen LogP contribution in [0.25, 0.3) is 0 Å². The number of nitrogens with zero attached hydrogens (tertiary/aromatic N) is 3. The number of hydrogen-bond donors (Lipinski definition) is 0. The van der Waals surface area contributed by atoms with Crippen molar-refractivity contribution in [2.24, 2.45) is 0 Å². The van der Waals surface area contributed by atoms with Gasteiger partial charge in [0.1, 0.15) is 5.75 Å². The fourth-order valence-corrected chi connectivity index (χ4v) is 3.92. The molecule has 0 N–H and O–H groups in total. The highest BCUT2D eigenvalue weighted by molar-refractivity contribution is 5.94. The Bertz CT molecular complexity index is 635. The van der Waals surface area contributed by atoms with Crippen molar-refractivity contribution in [1.29, 1.82) is 0 Å². The highest BCUT2D eigenvalue weighted by atomic mass is 16.5. The number of carbonyl (C=O) groups is 2. The number of rotatable bonds is 5. The summed E-state index contributed by atoms with van der Waals surface area (Å²) in [5.41, 5.74) is 0.632. The van der Waals surface area contributed by atoms with Crippen molar-refractivity contribution < 1.29 is 14.3 Å². The second-order valence-electron chi connectivity index (χ2n) is 7.02. The quantitative estimate of drug-likeness (QED) is 0.805. The van der Waals surface area contributed by atoms with Gasteiger partial charge in [-0.05, 0) is 50.6 Å². The fourth-order valence-electron chi connectivity index (χ4n) is 3.92. The third-order valence-corrected chi connectivity index (χ3v) is 5.45. The van der Waals surface area contributed by atoms with Crippen molar-refractivity contribution in [3.8, 4) is 5.75 Å². The zero-order valence-corrected chi connectivity index (χ0v) is 15.8. The molecule has 1 aromatic carbocycles. The van der Waals surface area contributed by atoms with E-state index in [0.29, 0.717) is 37.5 Å². The average Bonchev–Trinajstić information content (AvgIpc) is 3.22. The van der Waals surface area contributed by atoms with Gasteiger partial charge in [-0.3, -0.25) is 14.5 Å². The molecule has 26 heavy (non-hydrogen) atoms. The van der Waals surface area contributed by atoms with Crippen molar-refractivity contribution in [1.82, 2.24) is 14.7 Å². The maximum Gasteiger partial charge on any atom is 0.254 e. The van der Waals surface area contributed by atoms with Crippen molar-refractivity contribution >= 4 is 11.8 Å². The molecule has 0 unspecified atom stereocenters. The molecule has 142 valence electrons. The largest absolute Gasteiger partial charge is 0.497 e. The zero-order valence-electron chi connectivity index (χ0n) is 15.8. The summed E-state index contributed by atoms with van der Waals surface area (Å²) in [6.07, 6.45) is 3.22. The minimum absolute atomic E-state index is 0.00173. The molecule has 0 radical (unpaired) electrons. The summed E-state index contributed by atoms with van der Waals surface area (Å²) in [6, 6.07) is 7.23. The lowest BCUT2D eigenvalue weighted by molar-refractivity contribution is -0.138. The van der Waals surface area contributed by atoms with Gasteiger partial charge in [0.15, 0.2) is 0 Å². The van der Waals surface area contributed by atoms with Crippen LogP contribution < -0.4 is 4.74 Å². The van der Waals surface area contributed by atoms with Gasteiger partial charge in [-0.2, -0.15) is 0 Å². The topological polar surface area (TPSA) is 53.1 Å². The molecule has 2 heterocycles. The van der Waals surface area contributed by atoms with Crippen molar-refractivity contribution in [2.75, 3.05) is 46.4 Å². The van der Waals surface area contributed by atoms with Crippen LogP contribution in [0.1, 0.15) is 36.5 Å². The zero-order chi connectivity index (χ0) is 18.5. The van der Waals surface area contributed by atoms with Gasteiger partial charge < -0.3 is 14.5 Å². The number of piperazine rings is 1. The Hall–Kier alpha value is -2.08. The molecular weight excluding hydrogens is 330 g/mol. The SMILES string of the molecule is CC[C@@H](C(=O)N1CCN(C(=O)c2cccc(OC)c2)CC1)N1CCCC1. The van der Waals surface area contributed by atoms with Crippen LogP contribution in [0, 0.1) is 0 Å². The molecule has 6 nitrogen and oxygen atoms in total. The predicted molar refractivity (Wildman–Crippen MR) is 100 cm³/mol. The Balaban J connectivity index is 1.57. The lowest BCUT2D eigenvalue weighted by Crippen LogP contribution is -2.55. The molecule has 2 amide bonds. The van der Waals surface area contributed by atoms with Crippen LogP contribution in [-0.2, 0) is 4.79 Å². The molecule has 0 saturated carbocycles. The first-order valence-corrected chi connectivity index (χ1v) is 9.60. The van der Waals surface area contributed by atoms with Crippen LogP contribution in [-0.4, -0.2) is 78.9 Å². The Morgan fingerprint density at radius 2 is 1.69 bits per heavy atom.